The molecular weight excluding hydrogens is 418 g/mol. The number of nitro benzene ring substituents is 1. The predicted octanol–water partition coefficient (Wildman–Crippen LogP) is 4.64. The summed E-state index contributed by atoms with van der Waals surface area (Å²) in [5, 5.41) is 16.0. The van der Waals surface area contributed by atoms with E-state index in [0.717, 1.165) is 54.6 Å². The monoisotopic (exact) mass is 447 g/mol. The van der Waals surface area contributed by atoms with Gasteiger partial charge in [-0.1, -0.05) is 26.0 Å². The van der Waals surface area contributed by atoms with E-state index >= 15 is 0 Å². The van der Waals surface area contributed by atoms with Crippen LogP contribution in [-0.2, 0) is 23.2 Å². The molecule has 7 heteroatoms. The van der Waals surface area contributed by atoms with E-state index in [2.05, 4.69) is 13.8 Å². The number of hydrogen-bond acceptors (Lipinski definition) is 5. The van der Waals surface area contributed by atoms with Crippen LogP contribution in [0.1, 0.15) is 79.7 Å². The molecule has 0 aliphatic heterocycles. The zero-order valence-electron chi connectivity index (χ0n) is 19.2. The first-order valence-corrected chi connectivity index (χ1v) is 12.1. The van der Waals surface area contributed by atoms with Gasteiger partial charge in [-0.15, -0.1) is 0 Å². The van der Waals surface area contributed by atoms with Gasteiger partial charge in [0.2, 0.25) is 0 Å². The highest BCUT2D eigenvalue weighted by atomic mass is 16.6. The maximum atomic E-state index is 13.1. The number of carbonyl (C=O) groups is 2. The van der Waals surface area contributed by atoms with Crippen molar-refractivity contribution in [2.24, 2.45) is 23.2 Å². The molecule has 6 rings (SSSR count). The van der Waals surface area contributed by atoms with Crippen molar-refractivity contribution < 1.29 is 14.5 Å². The molecule has 4 aliphatic rings. The van der Waals surface area contributed by atoms with Crippen LogP contribution in [0.15, 0.2) is 24.3 Å². The molecule has 0 saturated heterocycles. The number of rotatable bonds is 3. The van der Waals surface area contributed by atoms with Gasteiger partial charge in [0.1, 0.15) is 11.5 Å². The topological polar surface area (TPSA) is 95.1 Å². The Hall–Kier alpha value is -2.83. The first-order valence-electron chi connectivity index (χ1n) is 12.1. The van der Waals surface area contributed by atoms with Gasteiger partial charge in [-0.05, 0) is 55.4 Å². The molecule has 172 valence electrons. The van der Waals surface area contributed by atoms with Crippen molar-refractivity contribution in [1.82, 2.24) is 9.78 Å². The molecule has 0 spiro atoms. The fourth-order valence-corrected chi connectivity index (χ4v) is 7.89. The highest BCUT2D eigenvalue weighted by molar-refractivity contribution is 5.98. The number of nitrogens with zero attached hydrogens (tertiary/aromatic N) is 3. The molecule has 2 saturated carbocycles. The van der Waals surface area contributed by atoms with Gasteiger partial charge in [0, 0.05) is 41.4 Å². The van der Waals surface area contributed by atoms with Gasteiger partial charge in [-0.2, -0.15) is 5.10 Å². The summed E-state index contributed by atoms with van der Waals surface area (Å²) in [5.74, 6) is 1.92. The summed E-state index contributed by atoms with van der Waals surface area (Å²) in [6.07, 6.45) is 5.91. The minimum atomic E-state index is -0.404. The molecule has 5 atom stereocenters. The van der Waals surface area contributed by atoms with Crippen LogP contribution in [-0.4, -0.2) is 26.3 Å². The van der Waals surface area contributed by atoms with Crippen molar-refractivity contribution in [3.05, 3.63) is 56.9 Å². The van der Waals surface area contributed by atoms with Crippen molar-refractivity contribution in [2.75, 3.05) is 0 Å². The van der Waals surface area contributed by atoms with Crippen molar-refractivity contribution in [3.8, 4) is 0 Å². The highest BCUT2D eigenvalue weighted by Crippen LogP contribution is 2.63. The second-order valence-electron chi connectivity index (χ2n) is 11.1. The van der Waals surface area contributed by atoms with Crippen LogP contribution >= 0.6 is 0 Å². The largest absolute Gasteiger partial charge is 0.299 e. The number of hydrogen-bond donors (Lipinski definition) is 0. The molecule has 33 heavy (non-hydrogen) atoms. The zero-order chi connectivity index (χ0) is 23.1. The highest BCUT2D eigenvalue weighted by Gasteiger charge is 2.60. The lowest BCUT2D eigenvalue weighted by molar-refractivity contribution is -0.384. The molecule has 0 unspecified atom stereocenters. The first kappa shape index (κ1) is 20.8. The number of benzene rings is 1. The van der Waals surface area contributed by atoms with Crippen LogP contribution in [0.4, 0.5) is 5.69 Å². The van der Waals surface area contributed by atoms with E-state index in [1.54, 1.807) is 12.1 Å². The Morgan fingerprint density at radius 2 is 1.79 bits per heavy atom. The lowest BCUT2D eigenvalue weighted by atomic mass is 9.48. The first-order chi connectivity index (χ1) is 15.7. The van der Waals surface area contributed by atoms with Crippen LogP contribution in [0.2, 0.25) is 0 Å². The van der Waals surface area contributed by atoms with Gasteiger partial charge in [0.15, 0.2) is 5.78 Å². The molecule has 1 aromatic heterocycles. The molecule has 0 radical (unpaired) electrons. The summed E-state index contributed by atoms with van der Waals surface area (Å²) in [6.45, 7) is 4.94. The Bertz CT molecular complexity index is 1200. The second-order valence-corrected chi connectivity index (χ2v) is 11.1. The standard InChI is InChI=1S/C26H29N3O4/c1-25-11-9-19-17(18(25)7-8-22(25)31)13-20-23-24(21(30)10-12-26(19,23)2)28(27-20)14-15-3-5-16(6-4-15)29(32)33/h3-6,17-19H,7-14H2,1-2H3/t17-,18-,19-,25-,26+/m0/s1. The number of ketones is 2. The smallest absolute Gasteiger partial charge is 0.269 e. The minimum absolute atomic E-state index is 0.0572. The summed E-state index contributed by atoms with van der Waals surface area (Å²) in [7, 11) is 0. The lowest BCUT2D eigenvalue weighted by Crippen LogP contribution is -2.53. The maximum absolute atomic E-state index is 13.1. The van der Waals surface area contributed by atoms with Crippen molar-refractivity contribution in [1.29, 1.82) is 0 Å². The number of nitro groups is 1. The maximum Gasteiger partial charge on any atom is 0.269 e. The molecule has 4 aliphatic carbocycles. The van der Waals surface area contributed by atoms with E-state index in [1.807, 2.05) is 4.68 Å². The molecule has 0 amide bonds. The minimum Gasteiger partial charge on any atom is -0.299 e. The number of carbonyl (C=O) groups excluding carboxylic acids is 2. The van der Waals surface area contributed by atoms with Crippen LogP contribution in [0.25, 0.3) is 0 Å². The Labute approximate surface area is 192 Å². The molecule has 2 fully saturated rings. The number of non-ortho nitro benzene ring substituents is 1. The molecule has 2 aromatic rings. The van der Waals surface area contributed by atoms with Crippen molar-refractivity contribution in [3.63, 3.8) is 0 Å². The number of fused-ring (bicyclic) bond motifs is 4. The van der Waals surface area contributed by atoms with Crippen LogP contribution in [0.5, 0.6) is 0 Å². The van der Waals surface area contributed by atoms with Crippen molar-refractivity contribution in [2.45, 2.75) is 70.8 Å². The van der Waals surface area contributed by atoms with Gasteiger partial charge in [0.05, 0.1) is 17.2 Å². The third-order valence-electron chi connectivity index (χ3n) is 9.60. The zero-order valence-corrected chi connectivity index (χ0v) is 19.2. The summed E-state index contributed by atoms with van der Waals surface area (Å²) in [4.78, 5) is 36.5. The van der Waals surface area contributed by atoms with E-state index in [4.69, 9.17) is 5.10 Å². The van der Waals surface area contributed by atoms with E-state index < -0.39 is 4.92 Å². The summed E-state index contributed by atoms with van der Waals surface area (Å²) in [5.41, 5.74) is 3.60. The van der Waals surface area contributed by atoms with Crippen molar-refractivity contribution >= 4 is 17.3 Å². The average Bonchev–Trinajstić information content (AvgIpc) is 3.30. The van der Waals surface area contributed by atoms with Gasteiger partial charge in [0.25, 0.3) is 5.69 Å². The Kier molecular flexibility index (Phi) is 4.30. The van der Waals surface area contributed by atoms with Gasteiger partial charge in [-0.3, -0.25) is 24.4 Å². The number of aromatic nitrogens is 2. The molecule has 0 bridgehead atoms. The fourth-order valence-electron chi connectivity index (χ4n) is 7.89. The molecule has 0 N–H and O–H groups in total. The summed E-state index contributed by atoms with van der Waals surface area (Å²) >= 11 is 0. The third kappa shape index (κ3) is 2.77. The molecular formula is C26H29N3O4. The van der Waals surface area contributed by atoms with Crippen LogP contribution in [0.3, 0.4) is 0 Å². The van der Waals surface area contributed by atoms with E-state index in [9.17, 15) is 19.7 Å². The van der Waals surface area contributed by atoms with Gasteiger partial charge >= 0.3 is 0 Å². The summed E-state index contributed by atoms with van der Waals surface area (Å²) < 4.78 is 1.85. The van der Waals surface area contributed by atoms with Crippen LogP contribution in [0, 0.1) is 33.3 Å². The Morgan fingerprint density at radius 1 is 1.06 bits per heavy atom. The molecule has 1 aromatic carbocycles. The quantitative estimate of drug-likeness (QED) is 0.504. The van der Waals surface area contributed by atoms with Gasteiger partial charge < -0.3 is 0 Å². The van der Waals surface area contributed by atoms with Crippen LogP contribution < -0.4 is 0 Å². The Morgan fingerprint density at radius 3 is 2.52 bits per heavy atom. The average molecular weight is 448 g/mol. The van der Waals surface area contributed by atoms with E-state index in [-0.39, 0.29) is 22.3 Å². The fraction of sp³-hybridized carbons (Fsp3) is 0.577. The third-order valence-corrected chi connectivity index (χ3v) is 9.60. The lowest BCUT2D eigenvalue weighted by Gasteiger charge is -2.55. The van der Waals surface area contributed by atoms with E-state index in [0.29, 0.717) is 42.9 Å². The SMILES string of the molecule is C[C@]12CCC(=O)c3c1c(nn3Cc1ccc([N+](=O)[O-])cc1)C[C@@H]1[C@@H]2CC[C@]2(C)C(=O)CC[C@@H]12. The summed E-state index contributed by atoms with van der Waals surface area (Å²) in [6, 6.07) is 6.49. The van der Waals surface area contributed by atoms with E-state index in [1.165, 1.54) is 12.1 Å². The Balaban J connectivity index is 1.41. The van der Waals surface area contributed by atoms with Gasteiger partial charge in [-0.25, -0.2) is 0 Å². The molecule has 1 heterocycles. The second kappa shape index (κ2) is 6.84. The normalized spacial score (nSPS) is 34.5. The number of Topliss-reactive ketones (excluding diaryl/α,β-unsaturated/α-hetero) is 2. The molecule has 7 nitrogen and oxygen atoms in total. The predicted molar refractivity (Wildman–Crippen MR) is 121 cm³/mol.